The first-order chi connectivity index (χ1) is 13.0. The van der Waals surface area contributed by atoms with Gasteiger partial charge in [0.25, 0.3) is 0 Å². The summed E-state index contributed by atoms with van der Waals surface area (Å²) in [5.74, 6) is 1.88. The molecule has 144 valence electrons. The Bertz CT molecular complexity index is 823. The topological polar surface area (TPSA) is 36.9 Å². The Balaban J connectivity index is 1.78. The number of hydrogen-bond acceptors (Lipinski definition) is 4. The molecule has 0 fully saturated rings. The van der Waals surface area contributed by atoms with Gasteiger partial charge in [-0.1, -0.05) is 39.7 Å². The Hall–Kier alpha value is -1.56. The fraction of sp³-hybridized carbons (Fsp3) is 0.381. The summed E-state index contributed by atoms with van der Waals surface area (Å²) in [6.07, 6.45) is 1.68. The number of aryl methyl sites for hydroxylation is 1. The number of benzene rings is 2. The van der Waals surface area contributed by atoms with Crippen molar-refractivity contribution in [3.05, 3.63) is 62.6 Å². The van der Waals surface area contributed by atoms with Gasteiger partial charge in [0.1, 0.15) is 18.2 Å². The molecule has 0 radical (unpaired) electrons. The molecule has 0 aromatic heterocycles. The molecule has 3 rings (SSSR count). The molecule has 0 saturated heterocycles. The maximum Gasteiger partial charge on any atom is 0.128 e. The van der Waals surface area contributed by atoms with E-state index in [9.17, 15) is 0 Å². The smallest absolute Gasteiger partial charge is 0.128 e. The normalized spacial score (nSPS) is 13.6. The summed E-state index contributed by atoms with van der Waals surface area (Å²) in [4.78, 5) is 6.68. The number of nitrogens with zero attached hydrogens (tertiary/aromatic N) is 2. The molecule has 0 atom stereocenters. The van der Waals surface area contributed by atoms with Gasteiger partial charge in [-0.05, 0) is 62.3 Å². The van der Waals surface area contributed by atoms with E-state index in [0.29, 0.717) is 6.61 Å². The summed E-state index contributed by atoms with van der Waals surface area (Å²) in [7, 11) is 4.09. The molecule has 0 aliphatic carbocycles. The molecule has 6 heteroatoms. The average molecular weight is 451 g/mol. The summed E-state index contributed by atoms with van der Waals surface area (Å²) in [5.41, 5.74) is 3.41. The lowest BCUT2D eigenvalue weighted by Gasteiger charge is -2.16. The van der Waals surface area contributed by atoms with Crippen LogP contribution in [-0.2, 0) is 12.8 Å². The quantitative estimate of drug-likeness (QED) is 0.655. The van der Waals surface area contributed by atoms with Crippen molar-refractivity contribution >= 4 is 33.4 Å². The van der Waals surface area contributed by atoms with E-state index in [1.807, 2.05) is 38.4 Å². The van der Waals surface area contributed by atoms with Crippen LogP contribution < -0.4 is 10.1 Å². The molecule has 1 heterocycles. The van der Waals surface area contributed by atoms with Crippen LogP contribution in [-0.4, -0.2) is 51.1 Å². The van der Waals surface area contributed by atoms with Crippen LogP contribution in [0.1, 0.15) is 16.7 Å². The second kappa shape index (κ2) is 9.58. The van der Waals surface area contributed by atoms with Crippen molar-refractivity contribution in [2.45, 2.75) is 12.8 Å². The standard InChI is InChI=1S/C21H25BrClN3O/c1-26(2)12-13-27-20-9-7-16(22)14-15(20)6-8-17-18(4-3-5-19(17)23)21-24-10-11-25-21/h3-5,7,9,14H,6,8,10-13H2,1-2H3,(H,24,25). The molecule has 2 aromatic rings. The summed E-state index contributed by atoms with van der Waals surface area (Å²) >= 11 is 10.1. The SMILES string of the molecule is CN(C)CCOc1ccc(Br)cc1CCc1c(Cl)cccc1C1=NCCN1. The average Bonchev–Trinajstić information content (AvgIpc) is 3.16. The van der Waals surface area contributed by atoms with Gasteiger partial charge in [-0.15, -0.1) is 0 Å². The van der Waals surface area contributed by atoms with Crippen LogP contribution in [0.3, 0.4) is 0 Å². The Morgan fingerprint density at radius 1 is 1.22 bits per heavy atom. The highest BCUT2D eigenvalue weighted by molar-refractivity contribution is 9.10. The van der Waals surface area contributed by atoms with E-state index in [1.165, 1.54) is 5.56 Å². The molecule has 0 amide bonds. The molecule has 0 bridgehead atoms. The minimum Gasteiger partial charge on any atom is -0.492 e. The predicted molar refractivity (Wildman–Crippen MR) is 116 cm³/mol. The third-order valence-electron chi connectivity index (χ3n) is 4.51. The fourth-order valence-electron chi connectivity index (χ4n) is 3.09. The molecule has 27 heavy (non-hydrogen) atoms. The maximum absolute atomic E-state index is 6.53. The molecule has 2 aromatic carbocycles. The zero-order chi connectivity index (χ0) is 19.2. The molecule has 0 saturated carbocycles. The van der Waals surface area contributed by atoms with Crippen molar-refractivity contribution in [3.8, 4) is 5.75 Å². The lowest BCUT2D eigenvalue weighted by Crippen LogP contribution is -2.21. The first-order valence-corrected chi connectivity index (χ1v) is 10.3. The van der Waals surface area contributed by atoms with Gasteiger partial charge >= 0.3 is 0 Å². The van der Waals surface area contributed by atoms with Crippen molar-refractivity contribution in [1.29, 1.82) is 0 Å². The highest BCUT2D eigenvalue weighted by atomic mass is 79.9. The second-order valence-corrected chi connectivity index (χ2v) is 8.15. The van der Waals surface area contributed by atoms with Crippen LogP contribution in [0.2, 0.25) is 5.02 Å². The van der Waals surface area contributed by atoms with Crippen molar-refractivity contribution in [1.82, 2.24) is 10.2 Å². The Labute approximate surface area is 174 Å². The fourth-order valence-corrected chi connectivity index (χ4v) is 3.77. The van der Waals surface area contributed by atoms with E-state index in [0.717, 1.165) is 64.7 Å². The van der Waals surface area contributed by atoms with Gasteiger partial charge in [0.05, 0.1) is 6.54 Å². The lowest BCUT2D eigenvalue weighted by molar-refractivity contribution is 0.259. The van der Waals surface area contributed by atoms with E-state index >= 15 is 0 Å². The number of ether oxygens (including phenoxy) is 1. The monoisotopic (exact) mass is 449 g/mol. The van der Waals surface area contributed by atoms with Gasteiger partial charge in [-0.25, -0.2) is 0 Å². The maximum atomic E-state index is 6.53. The van der Waals surface area contributed by atoms with Crippen LogP contribution in [0, 0.1) is 0 Å². The Morgan fingerprint density at radius 3 is 2.81 bits per heavy atom. The largest absolute Gasteiger partial charge is 0.492 e. The Morgan fingerprint density at radius 2 is 2.07 bits per heavy atom. The van der Waals surface area contributed by atoms with Crippen molar-refractivity contribution in [3.63, 3.8) is 0 Å². The highest BCUT2D eigenvalue weighted by Gasteiger charge is 2.16. The van der Waals surface area contributed by atoms with Gasteiger partial charge in [-0.3, -0.25) is 4.99 Å². The van der Waals surface area contributed by atoms with Crippen molar-refractivity contribution in [2.75, 3.05) is 40.3 Å². The van der Waals surface area contributed by atoms with Crippen LogP contribution >= 0.6 is 27.5 Å². The molecule has 1 aliphatic rings. The van der Waals surface area contributed by atoms with Crippen LogP contribution in [0.4, 0.5) is 0 Å². The van der Waals surface area contributed by atoms with Crippen LogP contribution in [0.25, 0.3) is 0 Å². The number of amidine groups is 1. The number of likely N-dealkylation sites (N-methyl/N-ethyl adjacent to an activating group) is 1. The minimum absolute atomic E-state index is 0.666. The summed E-state index contributed by atoms with van der Waals surface area (Å²) < 4.78 is 7.07. The Kier molecular flexibility index (Phi) is 7.16. The van der Waals surface area contributed by atoms with E-state index in [4.69, 9.17) is 16.3 Å². The number of aliphatic imine (C=N–C) groups is 1. The summed E-state index contributed by atoms with van der Waals surface area (Å²) in [6, 6.07) is 12.2. The van der Waals surface area contributed by atoms with Crippen LogP contribution in [0.5, 0.6) is 5.75 Å². The van der Waals surface area contributed by atoms with Gasteiger partial charge in [0.15, 0.2) is 0 Å². The zero-order valence-corrected chi connectivity index (χ0v) is 18.1. The molecular weight excluding hydrogens is 426 g/mol. The van der Waals surface area contributed by atoms with Crippen LogP contribution in [0.15, 0.2) is 45.9 Å². The van der Waals surface area contributed by atoms with E-state index < -0.39 is 0 Å². The van der Waals surface area contributed by atoms with Gasteiger partial charge in [-0.2, -0.15) is 0 Å². The van der Waals surface area contributed by atoms with Gasteiger partial charge < -0.3 is 15.0 Å². The second-order valence-electron chi connectivity index (χ2n) is 6.83. The van der Waals surface area contributed by atoms with Gasteiger partial charge in [0.2, 0.25) is 0 Å². The first kappa shape index (κ1) is 20.2. The predicted octanol–water partition coefficient (Wildman–Crippen LogP) is 4.18. The molecule has 0 spiro atoms. The molecule has 1 N–H and O–H groups in total. The molecule has 1 aliphatic heterocycles. The zero-order valence-electron chi connectivity index (χ0n) is 15.8. The summed E-state index contributed by atoms with van der Waals surface area (Å²) in [5, 5.41) is 4.14. The third-order valence-corrected chi connectivity index (χ3v) is 5.36. The van der Waals surface area contributed by atoms with Gasteiger partial charge in [0, 0.05) is 28.1 Å². The summed E-state index contributed by atoms with van der Waals surface area (Å²) in [6.45, 7) is 3.25. The van der Waals surface area contributed by atoms with E-state index in [-0.39, 0.29) is 0 Å². The molecule has 0 unspecified atom stereocenters. The molecular formula is C21H25BrClN3O. The van der Waals surface area contributed by atoms with Crippen molar-refractivity contribution in [2.24, 2.45) is 4.99 Å². The highest BCUT2D eigenvalue weighted by Crippen LogP contribution is 2.28. The molecule has 4 nitrogen and oxygen atoms in total. The van der Waals surface area contributed by atoms with Crippen molar-refractivity contribution < 1.29 is 4.74 Å². The minimum atomic E-state index is 0.666. The lowest BCUT2D eigenvalue weighted by atomic mass is 9.98. The third kappa shape index (κ3) is 5.47. The van der Waals surface area contributed by atoms with E-state index in [2.05, 4.69) is 43.3 Å². The van der Waals surface area contributed by atoms with E-state index in [1.54, 1.807) is 0 Å². The number of hydrogen-bond donors (Lipinski definition) is 1. The number of nitrogens with one attached hydrogen (secondary N) is 1. The number of halogens is 2. The number of rotatable bonds is 8. The first-order valence-electron chi connectivity index (χ1n) is 9.16.